The molecule has 0 aliphatic carbocycles. The molecule has 0 aliphatic rings. The molecule has 4 aromatic carbocycles. The van der Waals surface area contributed by atoms with Crippen LogP contribution in [0.2, 0.25) is 0 Å². The molecular formula is C28H28P+. The molecule has 0 heterocycles. The van der Waals surface area contributed by atoms with Crippen molar-refractivity contribution in [2.45, 2.75) is 25.9 Å². The zero-order valence-electron chi connectivity index (χ0n) is 17.2. The van der Waals surface area contributed by atoms with Crippen LogP contribution in [0.15, 0.2) is 115 Å². The van der Waals surface area contributed by atoms with Gasteiger partial charge in [0, 0.05) is 0 Å². The monoisotopic (exact) mass is 395 g/mol. The highest BCUT2D eigenvalue weighted by atomic mass is 31.2. The van der Waals surface area contributed by atoms with Crippen LogP contribution in [0.4, 0.5) is 0 Å². The van der Waals surface area contributed by atoms with E-state index in [1.807, 2.05) is 0 Å². The second-order valence-electron chi connectivity index (χ2n) is 7.84. The van der Waals surface area contributed by atoms with Gasteiger partial charge >= 0.3 is 0 Å². The van der Waals surface area contributed by atoms with E-state index >= 15 is 0 Å². The molecule has 0 N–H and O–H groups in total. The fourth-order valence-electron chi connectivity index (χ4n) is 4.24. The minimum atomic E-state index is -1.87. The van der Waals surface area contributed by atoms with E-state index in [9.17, 15) is 0 Å². The van der Waals surface area contributed by atoms with E-state index < -0.39 is 7.26 Å². The van der Waals surface area contributed by atoms with Crippen molar-refractivity contribution in [3.8, 4) is 0 Å². The summed E-state index contributed by atoms with van der Waals surface area (Å²) < 4.78 is 0. The van der Waals surface area contributed by atoms with E-state index in [2.05, 4.69) is 129 Å². The Bertz CT molecular complexity index is 998. The van der Waals surface area contributed by atoms with Crippen LogP contribution < -0.4 is 15.9 Å². The maximum atomic E-state index is 2.38. The smallest absolute Gasteiger partial charge is 0.0622 e. The fourth-order valence-corrected chi connectivity index (χ4v) is 8.87. The summed E-state index contributed by atoms with van der Waals surface area (Å²) in [6.07, 6.45) is 1.03. The molecule has 144 valence electrons. The summed E-state index contributed by atoms with van der Waals surface area (Å²) in [4.78, 5) is 0. The van der Waals surface area contributed by atoms with Gasteiger partial charge in [0.15, 0.2) is 0 Å². The molecule has 4 aromatic rings. The lowest BCUT2D eigenvalue weighted by Gasteiger charge is -2.30. The van der Waals surface area contributed by atoms with E-state index in [1.165, 1.54) is 27.0 Å². The van der Waals surface area contributed by atoms with Crippen molar-refractivity contribution in [2.75, 3.05) is 0 Å². The van der Waals surface area contributed by atoms with Gasteiger partial charge in [-0.3, -0.25) is 0 Å². The van der Waals surface area contributed by atoms with Gasteiger partial charge in [-0.05, 0) is 47.4 Å². The molecule has 0 nitrogen and oxygen atoms in total. The number of hydrogen-bond acceptors (Lipinski definition) is 0. The number of benzene rings is 4. The third-order valence-corrected chi connectivity index (χ3v) is 10.1. The Kier molecular flexibility index (Phi) is 5.93. The van der Waals surface area contributed by atoms with Gasteiger partial charge < -0.3 is 0 Å². The molecule has 0 radical (unpaired) electrons. The highest BCUT2D eigenvalue weighted by Gasteiger charge is 2.46. The van der Waals surface area contributed by atoms with Crippen LogP contribution in [0.1, 0.15) is 30.9 Å². The predicted molar refractivity (Wildman–Crippen MR) is 129 cm³/mol. The number of rotatable bonds is 6. The summed E-state index contributed by atoms with van der Waals surface area (Å²) in [5.74, 6) is 0.480. The third-order valence-electron chi connectivity index (χ3n) is 5.63. The van der Waals surface area contributed by atoms with Crippen molar-refractivity contribution in [2.24, 2.45) is 0 Å². The molecule has 0 atom stereocenters. The molecule has 4 rings (SSSR count). The van der Waals surface area contributed by atoms with Gasteiger partial charge in [-0.25, -0.2) is 0 Å². The first-order chi connectivity index (χ1) is 14.2. The van der Waals surface area contributed by atoms with Gasteiger partial charge in [-0.2, -0.15) is 0 Å². The van der Waals surface area contributed by atoms with E-state index in [0.717, 1.165) is 6.16 Å². The molecular weight excluding hydrogens is 367 g/mol. The van der Waals surface area contributed by atoms with Gasteiger partial charge in [0.1, 0.15) is 23.2 Å². The highest BCUT2D eigenvalue weighted by Crippen LogP contribution is 2.59. The third kappa shape index (κ3) is 3.91. The van der Waals surface area contributed by atoms with Crippen molar-refractivity contribution in [1.29, 1.82) is 0 Å². The maximum absolute atomic E-state index is 2.38. The Labute approximate surface area is 175 Å². The Balaban J connectivity index is 2.07. The Morgan fingerprint density at radius 1 is 0.552 bits per heavy atom. The molecule has 1 heteroatoms. The van der Waals surface area contributed by atoms with Crippen LogP contribution in [0.5, 0.6) is 0 Å². The summed E-state index contributed by atoms with van der Waals surface area (Å²) in [5.41, 5.74) is 2.86. The first-order valence-corrected chi connectivity index (χ1v) is 12.3. The summed E-state index contributed by atoms with van der Waals surface area (Å²) >= 11 is 0. The zero-order chi connectivity index (χ0) is 20.1. The minimum Gasteiger partial charge on any atom is -0.0622 e. The largest absolute Gasteiger partial charge is 0.116 e. The van der Waals surface area contributed by atoms with E-state index in [4.69, 9.17) is 0 Å². The van der Waals surface area contributed by atoms with Gasteiger partial charge in [-0.1, -0.05) is 98.8 Å². The minimum absolute atomic E-state index is 0.480. The molecule has 0 amide bonds. The van der Waals surface area contributed by atoms with Crippen LogP contribution in [-0.4, -0.2) is 0 Å². The van der Waals surface area contributed by atoms with Crippen LogP contribution in [0, 0.1) is 0 Å². The summed E-state index contributed by atoms with van der Waals surface area (Å²) in [6.45, 7) is 4.62. The normalized spacial score (nSPS) is 11.6. The highest BCUT2D eigenvalue weighted by molar-refractivity contribution is 7.95. The van der Waals surface area contributed by atoms with Crippen LogP contribution in [0.3, 0.4) is 0 Å². The topological polar surface area (TPSA) is 0 Å². The molecule has 0 bridgehead atoms. The lowest BCUT2D eigenvalue weighted by Crippen LogP contribution is -2.34. The van der Waals surface area contributed by atoms with Gasteiger partial charge in [0.2, 0.25) is 0 Å². The van der Waals surface area contributed by atoms with Crippen molar-refractivity contribution in [3.63, 3.8) is 0 Å². The van der Waals surface area contributed by atoms with E-state index in [-0.39, 0.29) is 0 Å². The zero-order valence-corrected chi connectivity index (χ0v) is 18.1. The van der Waals surface area contributed by atoms with E-state index in [0.29, 0.717) is 5.92 Å². The average molecular weight is 396 g/mol. The molecule has 0 fully saturated rings. The van der Waals surface area contributed by atoms with Crippen molar-refractivity contribution >= 4 is 23.2 Å². The molecule has 0 saturated heterocycles. The lowest BCUT2D eigenvalue weighted by molar-refractivity contribution is 0.873. The fraction of sp³-hybridized carbons (Fsp3) is 0.143. The molecule has 0 unspecified atom stereocenters. The van der Waals surface area contributed by atoms with Crippen LogP contribution in [-0.2, 0) is 6.16 Å². The number of hydrogen-bond donors (Lipinski definition) is 0. The van der Waals surface area contributed by atoms with Gasteiger partial charge in [0.05, 0.1) is 6.16 Å². The Morgan fingerprint density at radius 3 is 1.52 bits per heavy atom. The van der Waals surface area contributed by atoms with Crippen molar-refractivity contribution in [1.82, 2.24) is 0 Å². The first-order valence-electron chi connectivity index (χ1n) is 10.3. The van der Waals surface area contributed by atoms with Crippen LogP contribution >= 0.6 is 7.26 Å². The maximum Gasteiger partial charge on any atom is 0.116 e. The molecule has 0 spiro atoms. The average Bonchev–Trinajstić information content (AvgIpc) is 2.79. The quantitative estimate of drug-likeness (QED) is 0.336. The summed E-state index contributed by atoms with van der Waals surface area (Å²) in [5, 5.41) is 4.41. The van der Waals surface area contributed by atoms with Gasteiger partial charge in [0.25, 0.3) is 0 Å². The summed E-state index contributed by atoms with van der Waals surface area (Å²) in [6, 6.07) is 42.4. The second kappa shape index (κ2) is 8.76. The molecule has 0 aromatic heterocycles. The first kappa shape index (κ1) is 19.6. The standard InChI is InChI=1S/C28H28P/c1-23(2)27-20-12-13-21-28(27)29(25-16-8-4-9-17-25,26-18-10-5-11-19-26)22-24-14-6-3-7-15-24/h3-21,23H,22H2,1-2H3/q+1. The molecule has 0 saturated carbocycles. The summed E-state index contributed by atoms with van der Waals surface area (Å²) in [7, 11) is -1.87. The Morgan fingerprint density at radius 2 is 1.00 bits per heavy atom. The predicted octanol–water partition coefficient (Wildman–Crippen LogP) is 6.30. The van der Waals surface area contributed by atoms with Crippen LogP contribution in [0.25, 0.3) is 0 Å². The molecule has 29 heavy (non-hydrogen) atoms. The Hall–Kier alpha value is -2.69. The van der Waals surface area contributed by atoms with Gasteiger partial charge in [-0.15, -0.1) is 0 Å². The lowest BCUT2D eigenvalue weighted by atomic mass is 10.0. The van der Waals surface area contributed by atoms with E-state index in [1.54, 1.807) is 0 Å². The molecule has 0 aliphatic heterocycles. The second-order valence-corrected chi connectivity index (χ2v) is 11.3. The van der Waals surface area contributed by atoms with Crippen molar-refractivity contribution < 1.29 is 0 Å². The van der Waals surface area contributed by atoms with Crippen molar-refractivity contribution in [3.05, 3.63) is 126 Å². The SMILES string of the molecule is CC(C)c1ccccc1[P+](Cc1ccccc1)(c1ccccc1)c1ccccc1.